The van der Waals surface area contributed by atoms with Crippen LogP contribution in [0.2, 0.25) is 0 Å². The molecule has 112 valence electrons. The summed E-state index contributed by atoms with van der Waals surface area (Å²) in [6.45, 7) is 9.51. The first kappa shape index (κ1) is 16.3. The molecule has 0 aliphatic rings. The molecule has 1 aromatic carbocycles. The van der Waals surface area contributed by atoms with Gasteiger partial charge in [0.05, 0.1) is 4.47 Å². The van der Waals surface area contributed by atoms with Crippen LogP contribution >= 0.6 is 27.7 Å². The number of nitrogens with one attached hydrogen (secondary N) is 1. The third kappa shape index (κ3) is 4.45. The molecule has 0 atom stereocenters. The van der Waals surface area contributed by atoms with Crippen LogP contribution in [-0.2, 0) is 5.41 Å². The molecule has 5 heteroatoms. The number of benzene rings is 1. The zero-order valence-electron chi connectivity index (χ0n) is 12.8. The standard InChI is InChI=1S/C16H20BrN3S/c1-5-18-15-19-10-13(17)14(20-15)21-12-8-6-11(7-9-12)16(2,3)4/h6-10H,5H2,1-4H3,(H,18,19,20). The average molecular weight is 366 g/mol. The highest BCUT2D eigenvalue weighted by Crippen LogP contribution is 2.33. The van der Waals surface area contributed by atoms with Crippen LogP contribution < -0.4 is 5.32 Å². The zero-order valence-corrected chi connectivity index (χ0v) is 15.2. The van der Waals surface area contributed by atoms with Crippen molar-refractivity contribution in [3.63, 3.8) is 0 Å². The van der Waals surface area contributed by atoms with Gasteiger partial charge in [0.2, 0.25) is 5.95 Å². The Morgan fingerprint density at radius 2 is 1.86 bits per heavy atom. The third-order valence-electron chi connectivity index (χ3n) is 2.98. The van der Waals surface area contributed by atoms with Gasteiger partial charge in [0.1, 0.15) is 5.03 Å². The van der Waals surface area contributed by atoms with E-state index >= 15 is 0 Å². The van der Waals surface area contributed by atoms with E-state index in [1.54, 1.807) is 18.0 Å². The maximum Gasteiger partial charge on any atom is 0.223 e. The highest BCUT2D eigenvalue weighted by atomic mass is 79.9. The van der Waals surface area contributed by atoms with Crippen molar-refractivity contribution in [2.75, 3.05) is 11.9 Å². The van der Waals surface area contributed by atoms with Gasteiger partial charge in [0, 0.05) is 17.6 Å². The highest BCUT2D eigenvalue weighted by Gasteiger charge is 2.13. The summed E-state index contributed by atoms with van der Waals surface area (Å²) in [7, 11) is 0. The van der Waals surface area contributed by atoms with Gasteiger partial charge in [-0.15, -0.1) is 0 Å². The summed E-state index contributed by atoms with van der Waals surface area (Å²) in [6.07, 6.45) is 1.79. The molecule has 2 aromatic rings. The quantitative estimate of drug-likeness (QED) is 0.763. The average Bonchev–Trinajstić information content (AvgIpc) is 2.42. The Bertz CT molecular complexity index is 606. The van der Waals surface area contributed by atoms with Crippen LogP contribution in [0.25, 0.3) is 0 Å². The van der Waals surface area contributed by atoms with Gasteiger partial charge in [-0.3, -0.25) is 0 Å². The second-order valence-electron chi connectivity index (χ2n) is 5.75. The van der Waals surface area contributed by atoms with E-state index in [1.807, 2.05) is 6.92 Å². The summed E-state index contributed by atoms with van der Waals surface area (Å²) in [5.74, 6) is 0.662. The Morgan fingerprint density at radius 3 is 2.43 bits per heavy atom. The molecule has 0 saturated carbocycles. The molecular weight excluding hydrogens is 346 g/mol. The minimum atomic E-state index is 0.177. The van der Waals surface area contributed by atoms with Gasteiger partial charge in [-0.25, -0.2) is 9.97 Å². The minimum absolute atomic E-state index is 0.177. The summed E-state index contributed by atoms with van der Waals surface area (Å²) in [5.41, 5.74) is 1.51. The molecule has 3 nitrogen and oxygen atoms in total. The summed E-state index contributed by atoms with van der Waals surface area (Å²) < 4.78 is 0.911. The van der Waals surface area contributed by atoms with E-state index in [-0.39, 0.29) is 5.41 Å². The molecular formula is C16H20BrN3S. The van der Waals surface area contributed by atoms with Crippen LogP contribution in [0.4, 0.5) is 5.95 Å². The lowest BCUT2D eigenvalue weighted by Crippen LogP contribution is -2.10. The van der Waals surface area contributed by atoms with Crippen LogP contribution in [0.3, 0.4) is 0 Å². The molecule has 2 rings (SSSR count). The van der Waals surface area contributed by atoms with Crippen molar-refractivity contribution in [2.24, 2.45) is 0 Å². The lowest BCUT2D eigenvalue weighted by molar-refractivity contribution is 0.590. The van der Waals surface area contributed by atoms with E-state index in [4.69, 9.17) is 0 Å². The molecule has 0 aliphatic carbocycles. The van der Waals surface area contributed by atoms with Crippen LogP contribution in [0.1, 0.15) is 33.3 Å². The largest absolute Gasteiger partial charge is 0.354 e. The number of aromatic nitrogens is 2. The first-order valence-electron chi connectivity index (χ1n) is 6.95. The number of nitrogens with zero attached hydrogens (tertiary/aromatic N) is 2. The second-order valence-corrected chi connectivity index (χ2v) is 7.67. The Hall–Kier alpha value is -1.07. The van der Waals surface area contributed by atoms with Crippen LogP contribution in [-0.4, -0.2) is 16.5 Å². The van der Waals surface area contributed by atoms with E-state index in [2.05, 4.69) is 76.3 Å². The van der Waals surface area contributed by atoms with Gasteiger partial charge in [0.25, 0.3) is 0 Å². The number of anilines is 1. The van der Waals surface area contributed by atoms with Gasteiger partial charge >= 0.3 is 0 Å². The van der Waals surface area contributed by atoms with E-state index in [0.29, 0.717) is 5.95 Å². The third-order valence-corrected chi connectivity index (χ3v) is 4.84. The Kier molecular flexibility index (Phi) is 5.27. The summed E-state index contributed by atoms with van der Waals surface area (Å²) in [4.78, 5) is 9.93. The fourth-order valence-electron chi connectivity index (χ4n) is 1.80. The van der Waals surface area contributed by atoms with Crippen molar-refractivity contribution in [1.82, 2.24) is 9.97 Å². The lowest BCUT2D eigenvalue weighted by atomic mass is 9.87. The smallest absolute Gasteiger partial charge is 0.223 e. The molecule has 1 N–H and O–H groups in total. The van der Waals surface area contributed by atoms with Crippen molar-refractivity contribution < 1.29 is 0 Å². The molecule has 0 unspecified atom stereocenters. The van der Waals surface area contributed by atoms with E-state index in [0.717, 1.165) is 16.0 Å². The minimum Gasteiger partial charge on any atom is -0.354 e. The Labute approximate surface area is 139 Å². The summed E-state index contributed by atoms with van der Waals surface area (Å²) in [6, 6.07) is 8.66. The molecule has 0 spiro atoms. The van der Waals surface area contributed by atoms with Gasteiger partial charge in [-0.1, -0.05) is 44.7 Å². The fraction of sp³-hybridized carbons (Fsp3) is 0.375. The van der Waals surface area contributed by atoms with Crippen LogP contribution in [0.5, 0.6) is 0 Å². The second kappa shape index (κ2) is 6.79. The van der Waals surface area contributed by atoms with Crippen molar-refractivity contribution in [3.05, 3.63) is 40.5 Å². The molecule has 1 heterocycles. The predicted octanol–water partition coefficient (Wildman–Crippen LogP) is 5.12. The monoisotopic (exact) mass is 365 g/mol. The van der Waals surface area contributed by atoms with Gasteiger partial charge < -0.3 is 5.32 Å². The first-order chi connectivity index (χ1) is 9.90. The number of hydrogen-bond acceptors (Lipinski definition) is 4. The lowest BCUT2D eigenvalue weighted by Gasteiger charge is -2.19. The molecule has 0 radical (unpaired) electrons. The fourth-order valence-corrected chi connectivity index (χ4v) is 3.01. The molecule has 0 bridgehead atoms. The first-order valence-corrected chi connectivity index (χ1v) is 8.56. The van der Waals surface area contributed by atoms with E-state index in [9.17, 15) is 0 Å². The number of rotatable bonds is 4. The molecule has 0 amide bonds. The molecule has 0 aliphatic heterocycles. The van der Waals surface area contributed by atoms with Gasteiger partial charge in [-0.2, -0.15) is 0 Å². The maximum absolute atomic E-state index is 4.52. The van der Waals surface area contributed by atoms with Crippen LogP contribution in [0.15, 0.2) is 44.9 Å². The van der Waals surface area contributed by atoms with Gasteiger partial charge in [-0.05, 0) is 46.0 Å². The Morgan fingerprint density at radius 1 is 1.19 bits per heavy atom. The SMILES string of the molecule is CCNc1ncc(Br)c(Sc2ccc(C(C)(C)C)cc2)n1. The topological polar surface area (TPSA) is 37.8 Å². The van der Waals surface area contributed by atoms with Gasteiger partial charge in [0.15, 0.2) is 0 Å². The van der Waals surface area contributed by atoms with Crippen molar-refractivity contribution in [1.29, 1.82) is 0 Å². The van der Waals surface area contributed by atoms with E-state index < -0.39 is 0 Å². The predicted molar refractivity (Wildman–Crippen MR) is 93.2 cm³/mol. The highest BCUT2D eigenvalue weighted by molar-refractivity contribution is 9.10. The zero-order chi connectivity index (χ0) is 15.5. The van der Waals surface area contributed by atoms with Crippen LogP contribution in [0, 0.1) is 0 Å². The maximum atomic E-state index is 4.52. The Balaban J connectivity index is 2.20. The molecule has 1 aromatic heterocycles. The van der Waals surface area contributed by atoms with Crippen molar-refractivity contribution in [3.8, 4) is 0 Å². The normalized spacial score (nSPS) is 11.5. The number of halogens is 1. The summed E-state index contributed by atoms with van der Waals surface area (Å²) in [5, 5.41) is 4.05. The molecule has 21 heavy (non-hydrogen) atoms. The van der Waals surface area contributed by atoms with Crippen molar-refractivity contribution in [2.45, 2.75) is 43.0 Å². The summed E-state index contributed by atoms with van der Waals surface area (Å²) >= 11 is 5.15. The molecule has 0 fully saturated rings. The number of hydrogen-bond donors (Lipinski definition) is 1. The van der Waals surface area contributed by atoms with Crippen molar-refractivity contribution >= 4 is 33.6 Å². The molecule has 0 saturated heterocycles. The van der Waals surface area contributed by atoms with E-state index in [1.165, 1.54) is 10.5 Å².